The molecule has 3 aromatic rings. The number of nitrogens with zero attached hydrogens (tertiary/aromatic N) is 2. The molecule has 30 heavy (non-hydrogen) atoms. The number of anilines is 1. The lowest BCUT2D eigenvalue weighted by atomic mass is 10.1. The van der Waals surface area contributed by atoms with Crippen molar-refractivity contribution in [2.45, 2.75) is 13.5 Å². The molecule has 0 aliphatic carbocycles. The number of benzene rings is 2. The molecule has 1 amide bonds. The highest BCUT2D eigenvalue weighted by Crippen LogP contribution is 2.30. The number of halogens is 1. The summed E-state index contributed by atoms with van der Waals surface area (Å²) in [4.78, 5) is 12.3. The lowest BCUT2D eigenvalue weighted by Gasteiger charge is -2.11. The molecule has 0 unspecified atom stereocenters. The fourth-order valence-electron chi connectivity index (χ4n) is 2.56. The Morgan fingerprint density at radius 3 is 2.63 bits per heavy atom. The van der Waals surface area contributed by atoms with E-state index in [4.69, 9.17) is 14.0 Å². The maximum atomic E-state index is 12.3. The number of methoxy groups -OCH3 is 1. The monoisotopic (exact) mass is 467 g/mol. The van der Waals surface area contributed by atoms with Crippen molar-refractivity contribution in [3.63, 3.8) is 0 Å². The molecule has 7 nitrogen and oxygen atoms in total. The van der Waals surface area contributed by atoms with Gasteiger partial charge < -0.3 is 19.3 Å². The van der Waals surface area contributed by atoms with Crippen LogP contribution in [0.4, 0.5) is 5.82 Å². The van der Waals surface area contributed by atoms with Gasteiger partial charge in [0.2, 0.25) is 0 Å². The van der Waals surface area contributed by atoms with Gasteiger partial charge in [0.25, 0.3) is 5.91 Å². The van der Waals surface area contributed by atoms with Gasteiger partial charge in [0.05, 0.1) is 7.11 Å². The lowest BCUT2D eigenvalue weighted by molar-refractivity contribution is -0.112. The molecule has 8 heteroatoms. The number of hydrogen-bond acceptors (Lipinski definition) is 6. The van der Waals surface area contributed by atoms with Crippen LogP contribution in [0.15, 0.2) is 63.1 Å². The molecule has 0 bridgehead atoms. The molecule has 0 spiro atoms. The minimum atomic E-state index is -0.583. The van der Waals surface area contributed by atoms with Crippen LogP contribution < -0.4 is 14.8 Å². The Bertz CT molecular complexity index is 1110. The summed E-state index contributed by atoms with van der Waals surface area (Å²) < 4.78 is 17.1. The van der Waals surface area contributed by atoms with Crippen LogP contribution >= 0.6 is 15.9 Å². The van der Waals surface area contributed by atoms with Crippen molar-refractivity contribution in [2.75, 3.05) is 12.4 Å². The predicted octanol–water partition coefficient (Wildman–Crippen LogP) is 4.88. The molecule has 3 rings (SSSR count). The minimum absolute atomic E-state index is 0.0822. The zero-order chi connectivity index (χ0) is 21.5. The number of nitrogens with one attached hydrogen (secondary N) is 1. The molecule has 152 valence electrons. The van der Waals surface area contributed by atoms with Gasteiger partial charge in [0, 0.05) is 10.5 Å². The van der Waals surface area contributed by atoms with Gasteiger partial charge in [-0.2, -0.15) is 5.26 Å². The van der Waals surface area contributed by atoms with E-state index in [2.05, 4.69) is 26.4 Å². The second-order valence-electron chi connectivity index (χ2n) is 6.27. The first-order valence-electron chi connectivity index (χ1n) is 8.90. The van der Waals surface area contributed by atoms with Crippen LogP contribution in [0.2, 0.25) is 0 Å². The van der Waals surface area contributed by atoms with Crippen LogP contribution in [0.25, 0.3) is 6.08 Å². The molecule has 0 atom stereocenters. The fraction of sp³-hybridized carbons (Fsp3) is 0.136. The zero-order valence-corrected chi connectivity index (χ0v) is 17.9. The van der Waals surface area contributed by atoms with Gasteiger partial charge in [-0.3, -0.25) is 4.79 Å². The number of aromatic nitrogens is 1. The van der Waals surface area contributed by atoms with Crippen molar-refractivity contribution >= 4 is 33.7 Å². The summed E-state index contributed by atoms with van der Waals surface area (Å²) in [6.07, 6.45) is 1.46. The molecule has 1 aromatic heterocycles. The Hall–Kier alpha value is -3.57. The highest BCUT2D eigenvalue weighted by atomic mass is 79.9. The normalized spacial score (nSPS) is 10.9. The molecule has 0 aliphatic rings. The molecule has 1 N–H and O–H groups in total. The van der Waals surface area contributed by atoms with E-state index in [0.29, 0.717) is 29.4 Å². The fourth-order valence-corrected chi connectivity index (χ4v) is 2.82. The van der Waals surface area contributed by atoms with E-state index in [1.165, 1.54) is 13.2 Å². The highest BCUT2D eigenvalue weighted by Gasteiger charge is 2.13. The first kappa shape index (κ1) is 21.1. The van der Waals surface area contributed by atoms with Gasteiger partial charge in [-0.05, 0) is 48.4 Å². The maximum Gasteiger partial charge on any atom is 0.267 e. The van der Waals surface area contributed by atoms with E-state index in [-0.39, 0.29) is 11.4 Å². The molecular formula is C22H18BrN3O4. The third-order valence-electron chi connectivity index (χ3n) is 4.04. The number of hydrogen-bond donors (Lipinski definition) is 1. The Morgan fingerprint density at radius 2 is 2.00 bits per heavy atom. The number of amides is 1. The summed E-state index contributed by atoms with van der Waals surface area (Å²) in [5.74, 6) is 1.26. The predicted molar refractivity (Wildman–Crippen MR) is 115 cm³/mol. The average molecular weight is 468 g/mol. The van der Waals surface area contributed by atoms with Crippen molar-refractivity contribution in [2.24, 2.45) is 0 Å². The Morgan fingerprint density at radius 1 is 1.23 bits per heavy atom. The summed E-state index contributed by atoms with van der Waals surface area (Å²) in [7, 11) is 1.53. The number of aryl methyl sites for hydroxylation is 1. The van der Waals surface area contributed by atoms with Gasteiger partial charge in [0.1, 0.15) is 24.0 Å². The standard InChI is InChI=1S/C22H18BrN3O4/c1-14-9-21(26-30-14)25-22(27)17(12-24)10-16-5-8-19(20(11-16)28-2)29-13-15-3-6-18(23)7-4-15/h3-11H,13H2,1-2H3,(H,25,26,27). The van der Waals surface area contributed by atoms with E-state index in [0.717, 1.165) is 10.0 Å². The van der Waals surface area contributed by atoms with E-state index >= 15 is 0 Å². The van der Waals surface area contributed by atoms with Crippen molar-refractivity contribution in [1.82, 2.24) is 5.16 Å². The summed E-state index contributed by atoms with van der Waals surface area (Å²) >= 11 is 3.40. The van der Waals surface area contributed by atoms with Crippen LogP contribution in [-0.2, 0) is 11.4 Å². The molecule has 0 aliphatic heterocycles. The van der Waals surface area contributed by atoms with Gasteiger partial charge in [-0.25, -0.2) is 0 Å². The maximum absolute atomic E-state index is 12.3. The summed E-state index contributed by atoms with van der Waals surface area (Å²) in [6, 6.07) is 16.4. The third-order valence-corrected chi connectivity index (χ3v) is 4.57. The van der Waals surface area contributed by atoms with Crippen LogP contribution in [0.3, 0.4) is 0 Å². The average Bonchev–Trinajstić information content (AvgIpc) is 3.16. The molecule has 0 saturated heterocycles. The smallest absolute Gasteiger partial charge is 0.267 e. The molecule has 2 aromatic carbocycles. The Kier molecular flexibility index (Phi) is 6.88. The topological polar surface area (TPSA) is 97.4 Å². The van der Waals surface area contributed by atoms with Gasteiger partial charge >= 0.3 is 0 Å². The molecule has 1 heterocycles. The lowest BCUT2D eigenvalue weighted by Crippen LogP contribution is -2.13. The van der Waals surface area contributed by atoms with Crippen molar-refractivity contribution in [3.8, 4) is 17.6 Å². The van der Waals surface area contributed by atoms with Gasteiger partial charge in [0.15, 0.2) is 17.3 Å². The first-order chi connectivity index (χ1) is 14.5. The van der Waals surface area contributed by atoms with Gasteiger partial charge in [-0.1, -0.05) is 39.3 Å². The third kappa shape index (κ3) is 5.49. The number of carbonyl (C=O) groups is 1. The number of nitriles is 1. The van der Waals surface area contributed by atoms with Crippen molar-refractivity contribution in [1.29, 1.82) is 5.26 Å². The molecule has 0 fully saturated rings. The largest absolute Gasteiger partial charge is 0.493 e. The first-order valence-corrected chi connectivity index (χ1v) is 9.69. The minimum Gasteiger partial charge on any atom is -0.493 e. The number of ether oxygens (including phenoxy) is 2. The molecular weight excluding hydrogens is 450 g/mol. The van der Waals surface area contributed by atoms with Crippen LogP contribution in [0.1, 0.15) is 16.9 Å². The van der Waals surface area contributed by atoms with Crippen LogP contribution in [-0.4, -0.2) is 18.2 Å². The summed E-state index contributed by atoms with van der Waals surface area (Å²) in [5.41, 5.74) is 1.54. The van der Waals surface area contributed by atoms with Crippen molar-refractivity contribution < 1.29 is 18.8 Å². The second-order valence-corrected chi connectivity index (χ2v) is 7.19. The van der Waals surface area contributed by atoms with E-state index in [1.54, 1.807) is 31.2 Å². The van der Waals surface area contributed by atoms with E-state index in [1.807, 2.05) is 30.3 Å². The number of carbonyl (C=O) groups excluding carboxylic acids is 1. The van der Waals surface area contributed by atoms with Crippen LogP contribution in [0.5, 0.6) is 11.5 Å². The van der Waals surface area contributed by atoms with Crippen molar-refractivity contribution in [3.05, 3.63) is 75.5 Å². The molecule has 0 radical (unpaired) electrons. The number of rotatable bonds is 7. The zero-order valence-electron chi connectivity index (χ0n) is 16.3. The van der Waals surface area contributed by atoms with Gasteiger partial charge in [-0.15, -0.1) is 0 Å². The SMILES string of the molecule is COc1cc(C=C(C#N)C(=O)Nc2cc(C)on2)ccc1OCc1ccc(Br)cc1. The quantitative estimate of drug-likeness (QED) is 0.392. The summed E-state index contributed by atoms with van der Waals surface area (Å²) in [6.45, 7) is 2.08. The Labute approximate surface area is 182 Å². The molecule has 0 saturated carbocycles. The van der Waals surface area contributed by atoms with Crippen LogP contribution in [0, 0.1) is 18.3 Å². The summed E-state index contributed by atoms with van der Waals surface area (Å²) in [5, 5.41) is 15.6. The Balaban J connectivity index is 1.74. The van der Waals surface area contributed by atoms with E-state index < -0.39 is 5.91 Å². The second kappa shape index (κ2) is 9.76. The highest BCUT2D eigenvalue weighted by molar-refractivity contribution is 9.10. The van der Waals surface area contributed by atoms with E-state index in [9.17, 15) is 10.1 Å².